The van der Waals surface area contributed by atoms with E-state index < -0.39 is 0 Å². The molecule has 0 spiro atoms. The first-order valence-corrected chi connectivity index (χ1v) is 6.29. The average molecular weight is 225 g/mol. The molecule has 0 aliphatic rings. The highest BCUT2D eigenvalue weighted by atomic mass is 35.5. The highest BCUT2D eigenvalue weighted by Crippen LogP contribution is 2.32. The first-order chi connectivity index (χ1) is 6.10. The third-order valence-corrected chi connectivity index (χ3v) is 3.94. The Morgan fingerprint density at radius 3 is 2.00 bits per heavy atom. The Morgan fingerprint density at radius 2 is 1.69 bits per heavy atom. The highest BCUT2D eigenvalue weighted by molar-refractivity contribution is 6.21. The van der Waals surface area contributed by atoms with Gasteiger partial charge in [0.2, 0.25) is 0 Å². The molecule has 0 aliphatic heterocycles. The highest BCUT2D eigenvalue weighted by Gasteiger charge is 2.25. The van der Waals surface area contributed by atoms with E-state index in [0.717, 1.165) is 12.3 Å². The van der Waals surface area contributed by atoms with Gasteiger partial charge in [0.25, 0.3) is 0 Å². The predicted octanol–water partition coefficient (Wildman–Crippen LogP) is 4.69. The molecule has 0 unspecified atom stereocenters. The van der Waals surface area contributed by atoms with Gasteiger partial charge in [-0.25, -0.2) is 0 Å². The summed E-state index contributed by atoms with van der Waals surface area (Å²) in [6, 6.07) is 0. The fraction of sp³-hybridized carbons (Fsp3) is 1.00. The first-order valence-electron chi connectivity index (χ1n) is 5.22. The minimum atomic E-state index is 0.192. The van der Waals surface area contributed by atoms with E-state index in [1.54, 1.807) is 0 Å². The van der Waals surface area contributed by atoms with Gasteiger partial charge in [-0.2, -0.15) is 0 Å². The summed E-state index contributed by atoms with van der Waals surface area (Å²) in [7, 11) is 0. The van der Waals surface area contributed by atoms with Crippen molar-refractivity contribution >= 4 is 23.2 Å². The summed E-state index contributed by atoms with van der Waals surface area (Å²) in [5.41, 5.74) is 0.192. The van der Waals surface area contributed by atoms with Crippen LogP contribution in [0.1, 0.15) is 46.5 Å². The van der Waals surface area contributed by atoms with Crippen LogP contribution in [0.2, 0.25) is 0 Å². The Balaban J connectivity index is 3.81. The smallest absolute Gasteiger partial charge is 0.0291 e. The average Bonchev–Trinajstić information content (AvgIpc) is 2.13. The summed E-state index contributed by atoms with van der Waals surface area (Å²) in [6.07, 6.45) is 4.81. The van der Waals surface area contributed by atoms with Crippen LogP contribution in [0.25, 0.3) is 0 Å². The molecule has 0 atom stereocenters. The number of hydrogen-bond acceptors (Lipinski definition) is 0. The predicted molar refractivity (Wildman–Crippen MR) is 62.9 cm³/mol. The van der Waals surface area contributed by atoms with Crippen molar-refractivity contribution in [3.63, 3.8) is 0 Å². The van der Waals surface area contributed by atoms with Gasteiger partial charge in [-0.15, -0.1) is 23.2 Å². The van der Waals surface area contributed by atoms with Crippen molar-refractivity contribution in [2.24, 2.45) is 11.3 Å². The number of rotatable bonds is 7. The molecular formula is C11H22Cl2. The van der Waals surface area contributed by atoms with E-state index in [9.17, 15) is 0 Å². The summed E-state index contributed by atoms with van der Waals surface area (Å²) in [5.74, 6) is 2.19. The van der Waals surface area contributed by atoms with Crippen LogP contribution in [0, 0.1) is 11.3 Å². The van der Waals surface area contributed by atoms with Crippen LogP contribution in [-0.4, -0.2) is 11.8 Å². The van der Waals surface area contributed by atoms with E-state index in [1.807, 2.05) is 0 Å². The fourth-order valence-electron chi connectivity index (χ4n) is 1.42. The maximum absolute atomic E-state index is 5.96. The standard InChI is InChI=1S/C11H22Cl2/c1-4-11(8-12,9-13)7-5-6-10(2)3/h10H,4-9H2,1-3H3. The molecule has 0 amide bonds. The molecular weight excluding hydrogens is 203 g/mol. The second-order valence-corrected chi connectivity index (χ2v) is 4.94. The van der Waals surface area contributed by atoms with Crippen LogP contribution < -0.4 is 0 Å². The fourth-order valence-corrected chi connectivity index (χ4v) is 2.35. The van der Waals surface area contributed by atoms with Gasteiger partial charge in [0, 0.05) is 11.8 Å². The van der Waals surface area contributed by atoms with Gasteiger partial charge in [-0.1, -0.05) is 33.6 Å². The van der Waals surface area contributed by atoms with E-state index in [0.29, 0.717) is 11.8 Å². The molecule has 2 heteroatoms. The normalized spacial score (nSPS) is 12.5. The van der Waals surface area contributed by atoms with Crippen LogP contribution in [0.15, 0.2) is 0 Å². The molecule has 0 N–H and O–H groups in total. The Hall–Kier alpha value is 0.580. The molecule has 80 valence electrons. The number of hydrogen-bond donors (Lipinski definition) is 0. The first kappa shape index (κ1) is 13.6. The van der Waals surface area contributed by atoms with Gasteiger partial charge in [0.15, 0.2) is 0 Å². The van der Waals surface area contributed by atoms with E-state index in [4.69, 9.17) is 23.2 Å². The van der Waals surface area contributed by atoms with Crippen molar-refractivity contribution in [3.8, 4) is 0 Å². The van der Waals surface area contributed by atoms with E-state index in [1.165, 1.54) is 19.3 Å². The topological polar surface area (TPSA) is 0 Å². The SMILES string of the molecule is CCC(CCl)(CCl)CCCC(C)C. The van der Waals surface area contributed by atoms with Crippen molar-refractivity contribution in [1.29, 1.82) is 0 Å². The molecule has 0 nitrogen and oxygen atoms in total. The minimum Gasteiger partial charge on any atom is -0.126 e. The lowest BCUT2D eigenvalue weighted by Gasteiger charge is -2.28. The van der Waals surface area contributed by atoms with Gasteiger partial charge in [-0.05, 0) is 24.2 Å². The monoisotopic (exact) mass is 224 g/mol. The summed E-state index contributed by atoms with van der Waals surface area (Å²) in [6.45, 7) is 6.70. The second-order valence-electron chi connectivity index (χ2n) is 4.41. The summed E-state index contributed by atoms with van der Waals surface area (Å²) >= 11 is 11.9. The molecule has 13 heavy (non-hydrogen) atoms. The molecule has 0 heterocycles. The van der Waals surface area contributed by atoms with E-state index in [2.05, 4.69) is 20.8 Å². The molecule has 0 rings (SSSR count). The van der Waals surface area contributed by atoms with E-state index >= 15 is 0 Å². The Bertz CT molecular complexity index is 109. The Labute approximate surface area is 93.0 Å². The lowest BCUT2D eigenvalue weighted by atomic mass is 9.83. The van der Waals surface area contributed by atoms with Crippen molar-refractivity contribution in [2.75, 3.05) is 11.8 Å². The van der Waals surface area contributed by atoms with Crippen molar-refractivity contribution < 1.29 is 0 Å². The van der Waals surface area contributed by atoms with Crippen molar-refractivity contribution in [1.82, 2.24) is 0 Å². The van der Waals surface area contributed by atoms with Crippen molar-refractivity contribution in [2.45, 2.75) is 46.5 Å². The third-order valence-electron chi connectivity index (χ3n) is 2.81. The Kier molecular flexibility index (Phi) is 7.26. The zero-order chi connectivity index (χ0) is 10.3. The van der Waals surface area contributed by atoms with Crippen LogP contribution in [0.4, 0.5) is 0 Å². The molecule has 0 aromatic carbocycles. The summed E-state index contributed by atoms with van der Waals surface area (Å²) < 4.78 is 0. The Morgan fingerprint density at radius 1 is 1.15 bits per heavy atom. The zero-order valence-corrected chi connectivity index (χ0v) is 10.6. The minimum absolute atomic E-state index is 0.192. The molecule has 0 saturated heterocycles. The molecule has 0 saturated carbocycles. The molecule has 0 aromatic rings. The maximum atomic E-state index is 5.96. The van der Waals surface area contributed by atoms with Gasteiger partial charge in [0.1, 0.15) is 0 Å². The molecule has 0 fully saturated rings. The molecule has 0 aliphatic carbocycles. The second kappa shape index (κ2) is 6.95. The molecule has 0 bridgehead atoms. The number of alkyl halides is 2. The van der Waals surface area contributed by atoms with Gasteiger partial charge >= 0.3 is 0 Å². The van der Waals surface area contributed by atoms with Crippen LogP contribution in [0.3, 0.4) is 0 Å². The molecule has 0 aromatic heterocycles. The van der Waals surface area contributed by atoms with Gasteiger partial charge in [-0.3, -0.25) is 0 Å². The van der Waals surface area contributed by atoms with E-state index in [-0.39, 0.29) is 5.41 Å². The van der Waals surface area contributed by atoms with Gasteiger partial charge < -0.3 is 0 Å². The van der Waals surface area contributed by atoms with Crippen LogP contribution in [-0.2, 0) is 0 Å². The summed E-state index contributed by atoms with van der Waals surface area (Å²) in [4.78, 5) is 0. The quantitative estimate of drug-likeness (QED) is 0.551. The molecule has 0 radical (unpaired) electrons. The summed E-state index contributed by atoms with van der Waals surface area (Å²) in [5, 5.41) is 0. The largest absolute Gasteiger partial charge is 0.126 e. The third kappa shape index (κ3) is 5.12. The van der Waals surface area contributed by atoms with Gasteiger partial charge in [0.05, 0.1) is 0 Å². The zero-order valence-electron chi connectivity index (χ0n) is 9.08. The van der Waals surface area contributed by atoms with Crippen molar-refractivity contribution in [3.05, 3.63) is 0 Å². The maximum Gasteiger partial charge on any atom is 0.0291 e. The van der Waals surface area contributed by atoms with Crippen LogP contribution >= 0.6 is 23.2 Å². The van der Waals surface area contributed by atoms with Crippen LogP contribution in [0.5, 0.6) is 0 Å². The lowest BCUT2D eigenvalue weighted by Crippen LogP contribution is -2.24. The number of halogens is 2. The lowest BCUT2D eigenvalue weighted by molar-refractivity contribution is 0.312.